The van der Waals surface area contributed by atoms with Crippen LogP contribution in [0.5, 0.6) is 5.75 Å². The van der Waals surface area contributed by atoms with E-state index in [1.54, 1.807) is 25.5 Å². The number of nitrogens with one attached hydrogen (secondary N) is 1. The zero-order valence-corrected chi connectivity index (χ0v) is 16.7. The fraction of sp³-hybridized carbons (Fsp3) is 0.0769. The van der Waals surface area contributed by atoms with Crippen molar-refractivity contribution in [3.63, 3.8) is 0 Å². The topological polar surface area (TPSA) is 51.2 Å². The molecule has 1 N–H and O–H groups in total. The summed E-state index contributed by atoms with van der Waals surface area (Å²) in [5, 5.41) is 4.16. The highest BCUT2D eigenvalue weighted by Crippen LogP contribution is 2.24. The largest absolute Gasteiger partial charge is 0.497 e. The highest BCUT2D eigenvalue weighted by Gasteiger charge is 2.15. The maximum Gasteiger partial charge on any atom is 0.244 e. The van der Waals surface area contributed by atoms with Gasteiger partial charge in [0.25, 0.3) is 0 Å². The van der Waals surface area contributed by atoms with E-state index in [4.69, 9.17) is 4.74 Å². The highest BCUT2D eigenvalue weighted by molar-refractivity contribution is 5.95. The van der Waals surface area contributed by atoms with Gasteiger partial charge in [0.05, 0.1) is 18.7 Å². The molecule has 1 aromatic heterocycles. The predicted molar refractivity (Wildman–Crippen MR) is 120 cm³/mol. The number of ether oxygens (including phenoxy) is 1. The second kappa shape index (κ2) is 9.05. The van der Waals surface area contributed by atoms with Gasteiger partial charge in [-0.1, -0.05) is 66.7 Å². The van der Waals surface area contributed by atoms with Crippen LogP contribution in [0.15, 0.2) is 97.2 Å². The Morgan fingerprint density at radius 3 is 2.40 bits per heavy atom. The lowest BCUT2D eigenvalue weighted by Crippen LogP contribution is -2.27. The molecule has 30 heavy (non-hydrogen) atoms. The monoisotopic (exact) mass is 394 g/mol. The van der Waals surface area contributed by atoms with E-state index in [0.29, 0.717) is 0 Å². The number of methoxy groups -OCH3 is 1. The van der Waals surface area contributed by atoms with Crippen molar-refractivity contribution in [3.8, 4) is 5.75 Å². The molecule has 1 amide bonds. The number of pyridine rings is 1. The van der Waals surface area contributed by atoms with Crippen LogP contribution in [0.2, 0.25) is 0 Å². The SMILES string of the molecule is COc1ccc(C(NC(=O)/C=C/c2cccc3cccnc23)c2ccccc2)cc1. The van der Waals surface area contributed by atoms with Gasteiger partial charge in [0.15, 0.2) is 0 Å². The van der Waals surface area contributed by atoms with E-state index in [0.717, 1.165) is 33.3 Å². The van der Waals surface area contributed by atoms with E-state index in [1.165, 1.54) is 0 Å². The first-order valence-electron chi connectivity index (χ1n) is 9.76. The van der Waals surface area contributed by atoms with Crippen LogP contribution in [0.4, 0.5) is 0 Å². The van der Waals surface area contributed by atoms with Crippen LogP contribution >= 0.6 is 0 Å². The van der Waals surface area contributed by atoms with Crippen LogP contribution < -0.4 is 10.1 Å². The maximum atomic E-state index is 12.8. The van der Waals surface area contributed by atoms with Crippen LogP contribution in [0.3, 0.4) is 0 Å². The predicted octanol–water partition coefficient (Wildman–Crippen LogP) is 5.16. The molecule has 0 aliphatic carbocycles. The fourth-order valence-corrected chi connectivity index (χ4v) is 3.42. The van der Waals surface area contributed by atoms with Gasteiger partial charge < -0.3 is 10.1 Å². The summed E-state index contributed by atoms with van der Waals surface area (Å²) in [5.41, 5.74) is 3.77. The zero-order valence-electron chi connectivity index (χ0n) is 16.7. The lowest BCUT2D eigenvalue weighted by atomic mass is 9.98. The summed E-state index contributed by atoms with van der Waals surface area (Å²) in [6, 6.07) is 27.2. The summed E-state index contributed by atoms with van der Waals surface area (Å²) in [6.45, 7) is 0. The van der Waals surface area contributed by atoms with E-state index < -0.39 is 0 Å². The standard InChI is InChI=1S/C26H22N2O2/c1-30-23-15-12-22(13-16-23)26(20-7-3-2-4-8-20)28-24(29)17-14-21-10-5-9-19-11-6-18-27-25(19)21/h2-18,26H,1H3,(H,28,29)/b17-14+. The normalized spacial score (nSPS) is 12.0. The molecule has 4 nitrogen and oxygen atoms in total. The van der Waals surface area contributed by atoms with Crippen LogP contribution in [0.1, 0.15) is 22.7 Å². The quantitative estimate of drug-likeness (QED) is 0.460. The molecule has 1 heterocycles. The van der Waals surface area contributed by atoms with Crippen LogP contribution in [-0.4, -0.2) is 18.0 Å². The zero-order chi connectivity index (χ0) is 20.8. The minimum Gasteiger partial charge on any atom is -0.497 e. The van der Waals surface area contributed by atoms with E-state index in [1.807, 2.05) is 84.9 Å². The number of hydrogen-bond donors (Lipinski definition) is 1. The minimum atomic E-state index is -0.264. The number of carbonyl (C=O) groups is 1. The summed E-state index contributed by atoms with van der Waals surface area (Å²) >= 11 is 0. The smallest absolute Gasteiger partial charge is 0.244 e. The number of nitrogens with zero attached hydrogens (tertiary/aromatic N) is 1. The summed E-state index contributed by atoms with van der Waals surface area (Å²) in [6.07, 6.45) is 5.12. The van der Waals surface area contributed by atoms with E-state index in [-0.39, 0.29) is 11.9 Å². The number of para-hydroxylation sites is 1. The lowest BCUT2D eigenvalue weighted by Gasteiger charge is -2.19. The van der Waals surface area contributed by atoms with Gasteiger partial charge in [-0.3, -0.25) is 9.78 Å². The van der Waals surface area contributed by atoms with Gasteiger partial charge >= 0.3 is 0 Å². The third kappa shape index (κ3) is 4.39. The van der Waals surface area contributed by atoms with Crippen LogP contribution in [0, 0.1) is 0 Å². The molecule has 4 aromatic rings. The number of hydrogen-bond acceptors (Lipinski definition) is 3. The van der Waals surface area contributed by atoms with E-state index in [2.05, 4.69) is 10.3 Å². The molecule has 0 saturated heterocycles. The summed E-state index contributed by atoms with van der Waals surface area (Å²) in [7, 11) is 1.64. The first-order chi connectivity index (χ1) is 14.7. The Kier molecular flexibility index (Phi) is 5.85. The number of carbonyl (C=O) groups excluding carboxylic acids is 1. The van der Waals surface area contributed by atoms with Crippen molar-refractivity contribution in [3.05, 3.63) is 114 Å². The van der Waals surface area contributed by atoms with Gasteiger partial charge in [0.1, 0.15) is 5.75 Å². The van der Waals surface area contributed by atoms with Crippen molar-refractivity contribution in [2.45, 2.75) is 6.04 Å². The molecule has 0 bridgehead atoms. The molecule has 4 rings (SSSR count). The van der Waals surface area contributed by atoms with Gasteiger partial charge in [-0.25, -0.2) is 0 Å². The Hall–Kier alpha value is -3.92. The second-order valence-electron chi connectivity index (χ2n) is 6.88. The second-order valence-corrected chi connectivity index (χ2v) is 6.88. The average molecular weight is 394 g/mol. The molecule has 0 aliphatic heterocycles. The molecule has 3 aromatic carbocycles. The van der Waals surface area contributed by atoms with Crippen LogP contribution in [-0.2, 0) is 4.79 Å². The van der Waals surface area contributed by atoms with Crippen molar-refractivity contribution in [1.82, 2.24) is 10.3 Å². The molecule has 0 saturated carbocycles. The maximum absolute atomic E-state index is 12.8. The number of aromatic nitrogens is 1. The van der Waals surface area contributed by atoms with Crippen molar-refractivity contribution in [1.29, 1.82) is 0 Å². The Labute approximate surface area is 175 Å². The Bertz CT molecular complexity index is 1160. The number of rotatable bonds is 6. The molecule has 4 heteroatoms. The Morgan fingerprint density at radius 1 is 0.900 bits per heavy atom. The Morgan fingerprint density at radius 2 is 1.63 bits per heavy atom. The summed E-state index contributed by atoms with van der Waals surface area (Å²) in [4.78, 5) is 17.2. The molecule has 0 aliphatic rings. The molecular formula is C26H22N2O2. The summed E-state index contributed by atoms with van der Waals surface area (Å²) in [5.74, 6) is 0.604. The van der Waals surface area contributed by atoms with Gasteiger partial charge in [-0.15, -0.1) is 0 Å². The Balaban J connectivity index is 1.59. The van der Waals surface area contributed by atoms with E-state index in [9.17, 15) is 4.79 Å². The molecular weight excluding hydrogens is 372 g/mol. The minimum absolute atomic E-state index is 0.174. The summed E-state index contributed by atoms with van der Waals surface area (Å²) < 4.78 is 5.25. The van der Waals surface area contributed by atoms with E-state index >= 15 is 0 Å². The number of amides is 1. The van der Waals surface area contributed by atoms with Gasteiger partial charge in [0, 0.05) is 23.2 Å². The van der Waals surface area contributed by atoms with Crippen molar-refractivity contribution < 1.29 is 9.53 Å². The van der Waals surface area contributed by atoms with Gasteiger partial charge in [-0.05, 0) is 35.4 Å². The van der Waals surface area contributed by atoms with Gasteiger partial charge in [0.2, 0.25) is 5.91 Å². The molecule has 1 unspecified atom stereocenters. The van der Waals surface area contributed by atoms with Crippen molar-refractivity contribution in [2.75, 3.05) is 7.11 Å². The van der Waals surface area contributed by atoms with Gasteiger partial charge in [-0.2, -0.15) is 0 Å². The third-order valence-corrected chi connectivity index (χ3v) is 4.95. The first kappa shape index (κ1) is 19.4. The molecule has 0 fully saturated rings. The molecule has 1 atom stereocenters. The van der Waals surface area contributed by atoms with Crippen molar-refractivity contribution in [2.24, 2.45) is 0 Å². The number of benzene rings is 3. The van der Waals surface area contributed by atoms with Crippen LogP contribution in [0.25, 0.3) is 17.0 Å². The lowest BCUT2D eigenvalue weighted by molar-refractivity contribution is -0.116. The molecule has 0 spiro atoms. The fourth-order valence-electron chi connectivity index (χ4n) is 3.42. The highest BCUT2D eigenvalue weighted by atomic mass is 16.5. The average Bonchev–Trinajstić information content (AvgIpc) is 2.82. The number of fused-ring (bicyclic) bond motifs is 1. The first-order valence-corrected chi connectivity index (χ1v) is 9.76. The molecule has 0 radical (unpaired) electrons. The molecule has 148 valence electrons. The van der Waals surface area contributed by atoms with Crippen molar-refractivity contribution >= 4 is 22.9 Å². The third-order valence-electron chi connectivity index (χ3n) is 4.95.